The van der Waals surface area contributed by atoms with Gasteiger partial charge in [-0.05, 0) is 80.1 Å². The van der Waals surface area contributed by atoms with E-state index in [1.807, 2.05) is 68.4 Å². The summed E-state index contributed by atoms with van der Waals surface area (Å²) in [6.45, 7) is 9.08. The number of hydrazine groups is 1. The number of ether oxygens (including phenoxy) is 3. The number of hydrogen-bond donors (Lipinski definition) is 3. The fourth-order valence-corrected chi connectivity index (χ4v) is 4.80. The number of fused-ring (bicyclic) bond motifs is 1. The van der Waals surface area contributed by atoms with E-state index >= 15 is 0 Å². The molecule has 212 valence electrons. The third-order valence-corrected chi connectivity index (χ3v) is 6.68. The molecule has 12 heteroatoms. The van der Waals surface area contributed by atoms with Crippen molar-refractivity contribution in [2.75, 3.05) is 31.5 Å². The number of carbonyl (C=O) groups is 1. The molecule has 40 heavy (non-hydrogen) atoms. The zero-order valence-corrected chi connectivity index (χ0v) is 24.1. The molecule has 0 aliphatic carbocycles. The predicted octanol–water partition coefficient (Wildman–Crippen LogP) is 5.15. The second kappa shape index (κ2) is 12.8. The molecule has 0 radical (unpaired) electrons. The van der Waals surface area contributed by atoms with Crippen molar-refractivity contribution >= 4 is 34.8 Å². The molecule has 11 nitrogen and oxygen atoms in total. The van der Waals surface area contributed by atoms with Crippen LogP contribution in [0.5, 0.6) is 11.5 Å². The van der Waals surface area contributed by atoms with Crippen molar-refractivity contribution in [2.45, 2.75) is 51.2 Å². The Kier molecular flexibility index (Phi) is 9.29. The molecule has 0 bridgehead atoms. The summed E-state index contributed by atoms with van der Waals surface area (Å²) in [7, 11) is 1.61. The highest BCUT2D eigenvalue weighted by molar-refractivity contribution is 8.00. The number of nitrogens with one attached hydrogen (secondary N) is 3. The van der Waals surface area contributed by atoms with E-state index in [9.17, 15) is 4.79 Å². The molecule has 1 amide bonds. The Labute approximate surface area is 237 Å². The van der Waals surface area contributed by atoms with Crippen LogP contribution in [0, 0.1) is 11.3 Å². The zero-order chi connectivity index (χ0) is 28.7. The molecule has 4 rings (SSSR count). The fraction of sp³-hybridized carbons (Fsp3) is 0.393. The van der Waals surface area contributed by atoms with Gasteiger partial charge in [0.15, 0.2) is 18.0 Å². The Morgan fingerprint density at radius 1 is 1.25 bits per heavy atom. The molecule has 0 unspecified atom stereocenters. The number of aryl methyl sites for hydroxylation is 1. The minimum Gasteiger partial charge on any atom is -0.496 e. The quantitative estimate of drug-likeness (QED) is 0.266. The molecule has 3 aromatic rings. The monoisotopic (exact) mass is 566 g/mol. The Morgan fingerprint density at radius 3 is 2.80 bits per heavy atom. The first kappa shape index (κ1) is 28.9. The van der Waals surface area contributed by atoms with Gasteiger partial charge in [0.05, 0.1) is 18.6 Å². The normalized spacial score (nSPS) is 13.1. The van der Waals surface area contributed by atoms with Gasteiger partial charge in [-0.1, -0.05) is 18.1 Å². The van der Waals surface area contributed by atoms with E-state index in [0.717, 1.165) is 33.4 Å². The van der Waals surface area contributed by atoms with Crippen LogP contribution in [0.3, 0.4) is 0 Å². The Bertz CT molecular complexity index is 1430. The van der Waals surface area contributed by atoms with E-state index < -0.39 is 11.7 Å². The van der Waals surface area contributed by atoms with Crippen LogP contribution in [0.25, 0.3) is 11.0 Å². The van der Waals surface area contributed by atoms with Gasteiger partial charge in [0.25, 0.3) is 0 Å². The predicted molar refractivity (Wildman–Crippen MR) is 153 cm³/mol. The van der Waals surface area contributed by atoms with Crippen molar-refractivity contribution < 1.29 is 23.5 Å². The van der Waals surface area contributed by atoms with Crippen molar-refractivity contribution in [1.29, 1.82) is 5.26 Å². The smallest absolute Gasteiger partial charge is 0.407 e. The first-order valence-electron chi connectivity index (χ1n) is 12.9. The lowest BCUT2D eigenvalue weighted by Crippen LogP contribution is -2.34. The summed E-state index contributed by atoms with van der Waals surface area (Å²) >= 11 is 1.33. The number of carbonyl (C=O) groups excluding carboxylic acids is 1. The number of hydrogen-bond acceptors (Lipinski definition) is 11. The highest BCUT2D eigenvalue weighted by atomic mass is 32.2. The molecule has 0 saturated heterocycles. The lowest BCUT2D eigenvalue weighted by molar-refractivity contribution is 0.0532. The van der Waals surface area contributed by atoms with Gasteiger partial charge < -0.3 is 33.8 Å². The van der Waals surface area contributed by atoms with Crippen molar-refractivity contribution in [3.05, 3.63) is 53.2 Å². The number of anilines is 1. The third-order valence-electron chi connectivity index (χ3n) is 5.84. The second-order valence-electron chi connectivity index (χ2n) is 10.1. The lowest BCUT2D eigenvalue weighted by atomic mass is 10.1. The first-order chi connectivity index (χ1) is 19.2. The summed E-state index contributed by atoms with van der Waals surface area (Å²) in [6, 6.07) is 11.7. The van der Waals surface area contributed by atoms with Gasteiger partial charge >= 0.3 is 6.09 Å². The molecule has 1 aliphatic heterocycles. The first-order valence-corrected chi connectivity index (χ1v) is 13.7. The summed E-state index contributed by atoms with van der Waals surface area (Å²) < 4.78 is 25.5. The summed E-state index contributed by atoms with van der Waals surface area (Å²) in [4.78, 5) is 12.8. The number of rotatable bonds is 11. The van der Waals surface area contributed by atoms with Gasteiger partial charge in [-0.25, -0.2) is 10.2 Å². The minimum atomic E-state index is -0.541. The maximum atomic E-state index is 12.0. The van der Waals surface area contributed by atoms with Gasteiger partial charge in [0, 0.05) is 19.3 Å². The summed E-state index contributed by atoms with van der Waals surface area (Å²) in [5, 5.41) is 18.6. The molecular weight excluding hydrogens is 532 g/mol. The van der Waals surface area contributed by atoms with Crippen LogP contribution in [0.2, 0.25) is 0 Å². The zero-order valence-electron chi connectivity index (χ0n) is 23.3. The maximum absolute atomic E-state index is 12.0. The van der Waals surface area contributed by atoms with Gasteiger partial charge in [-0.2, -0.15) is 5.26 Å². The Balaban J connectivity index is 1.44. The molecule has 2 aromatic carbocycles. The molecule has 0 fully saturated rings. The van der Waals surface area contributed by atoms with Gasteiger partial charge in [-0.3, -0.25) is 0 Å². The van der Waals surface area contributed by atoms with E-state index in [1.165, 1.54) is 11.9 Å². The van der Waals surface area contributed by atoms with E-state index in [2.05, 4.69) is 27.5 Å². The molecule has 1 aromatic heterocycles. The number of aromatic nitrogens is 1. The van der Waals surface area contributed by atoms with E-state index in [0.29, 0.717) is 42.5 Å². The van der Waals surface area contributed by atoms with Crippen LogP contribution in [0.4, 0.5) is 10.6 Å². The van der Waals surface area contributed by atoms with Crippen LogP contribution in [0.15, 0.2) is 51.5 Å². The van der Waals surface area contributed by atoms with E-state index in [4.69, 9.17) is 24.0 Å². The maximum Gasteiger partial charge on any atom is 0.407 e. The SMILES string of the molecule is CCc1ccc(OCC#N)c(SNc2noc3cc(CN4C=C(CNC(=O)OC(C)(C)C)CN4)cc(OC)c23)c1. The van der Waals surface area contributed by atoms with Crippen LogP contribution < -0.4 is 24.9 Å². The van der Waals surface area contributed by atoms with E-state index in [-0.39, 0.29) is 6.61 Å². The number of benzene rings is 2. The van der Waals surface area contributed by atoms with Crippen molar-refractivity contribution in [3.8, 4) is 17.6 Å². The number of nitriles is 1. The standard InChI is InChI=1S/C28H34N6O5S/c1-6-18-7-8-21(37-10-9-29)24(13-18)40-33-26-25-22(36-5)11-19(12-23(25)39-32-26)16-34-17-20(15-31-34)14-30-27(35)38-28(2,3)4/h7-8,11-13,17,31H,6,10,14-16H2,1-5H3,(H,30,35)(H,32,33). The molecule has 0 atom stereocenters. The van der Waals surface area contributed by atoms with E-state index in [1.54, 1.807) is 7.11 Å². The number of alkyl carbamates (subject to hydrolysis) is 1. The average Bonchev–Trinajstić information content (AvgIpc) is 3.55. The summed E-state index contributed by atoms with van der Waals surface area (Å²) in [5.74, 6) is 1.76. The van der Waals surface area contributed by atoms with Gasteiger partial charge in [0.2, 0.25) is 0 Å². The molecular formula is C28H34N6O5S. The third kappa shape index (κ3) is 7.52. The Hall–Kier alpha value is -4.08. The molecule has 0 spiro atoms. The van der Waals surface area contributed by atoms with Gasteiger partial charge in [-0.15, -0.1) is 0 Å². The second-order valence-corrected chi connectivity index (χ2v) is 10.9. The van der Waals surface area contributed by atoms with Gasteiger partial charge in [0.1, 0.15) is 28.6 Å². The largest absolute Gasteiger partial charge is 0.496 e. The molecule has 3 N–H and O–H groups in total. The van der Waals surface area contributed by atoms with Crippen LogP contribution in [-0.4, -0.2) is 48.7 Å². The average molecular weight is 567 g/mol. The van der Waals surface area contributed by atoms with Crippen LogP contribution >= 0.6 is 11.9 Å². The molecule has 0 saturated carbocycles. The number of nitrogens with zero attached hydrogens (tertiary/aromatic N) is 3. The highest BCUT2D eigenvalue weighted by Crippen LogP contribution is 2.38. The summed E-state index contributed by atoms with van der Waals surface area (Å²) in [5.41, 5.74) is 6.46. The lowest BCUT2D eigenvalue weighted by Gasteiger charge is -2.19. The molecule has 2 heterocycles. The Morgan fingerprint density at radius 2 is 2.08 bits per heavy atom. The minimum absolute atomic E-state index is 0.0364. The van der Waals surface area contributed by atoms with Crippen molar-refractivity contribution in [3.63, 3.8) is 0 Å². The summed E-state index contributed by atoms with van der Waals surface area (Å²) in [6.07, 6.45) is 2.39. The van der Waals surface area contributed by atoms with Crippen LogP contribution in [0.1, 0.15) is 38.8 Å². The number of amides is 1. The van der Waals surface area contributed by atoms with Crippen molar-refractivity contribution in [1.82, 2.24) is 20.9 Å². The molecule has 1 aliphatic rings. The number of methoxy groups -OCH3 is 1. The fourth-order valence-electron chi connectivity index (χ4n) is 4.02. The topological polar surface area (TPSA) is 134 Å². The highest BCUT2D eigenvalue weighted by Gasteiger charge is 2.20. The van der Waals surface area contributed by atoms with Crippen molar-refractivity contribution in [2.24, 2.45) is 0 Å². The van der Waals surface area contributed by atoms with Crippen LogP contribution in [-0.2, 0) is 17.7 Å².